The predicted molar refractivity (Wildman–Crippen MR) is 84.6 cm³/mol. The third-order valence-electron chi connectivity index (χ3n) is 3.06. The molecule has 103 valence electrons. The van der Waals surface area contributed by atoms with Gasteiger partial charge in [-0.1, -0.05) is 50.6 Å². The number of hydrogen-bond donors (Lipinski definition) is 0. The first-order valence-corrected chi connectivity index (χ1v) is 7.59. The fraction of sp³-hybridized carbons (Fsp3) is 0.611. The van der Waals surface area contributed by atoms with Crippen LogP contribution in [0.3, 0.4) is 0 Å². The van der Waals surface area contributed by atoms with Crippen molar-refractivity contribution in [3.05, 3.63) is 42.9 Å². The maximum Gasteiger partial charge on any atom is -0.0232 e. The van der Waals surface area contributed by atoms with Crippen molar-refractivity contribution in [2.75, 3.05) is 0 Å². The maximum absolute atomic E-state index is 3.82. The van der Waals surface area contributed by atoms with E-state index >= 15 is 0 Å². The van der Waals surface area contributed by atoms with Gasteiger partial charge in [0, 0.05) is 0 Å². The predicted octanol–water partition coefficient (Wildman–Crippen LogP) is 6.41. The van der Waals surface area contributed by atoms with Crippen LogP contribution < -0.4 is 0 Å². The minimum atomic E-state index is 1.13. The second-order valence-electron chi connectivity index (χ2n) is 4.79. The molecule has 0 nitrogen and oxygen atoms in total. The van der Waals surface area contributed by atoms with E-state index in [1.54, 1.807) is 5.92 Å². The number of hydrogen-bond acceptors (Lipinski definition) is 0. The Kier molecular flexibility index (Phi) is 13.7. The molecule has 0 saturated carbocycles. The largest absolute Gasteiger partial charge is 0.103 e. The van der Waals surface area contributed by atoms with E-state index in [4.69, 9.17) is 0 Å². The Hall–Kier alpha value is -0.780. The number of rotatable bonds is 12. The van der Waals surface area contributed by atoms with Crippen LogP contribution in [0, 0.1) is 5.92 Å². The molecule has 0 aliphatic carbocycles. The van der Waals surface area contributed by atoms with Gasteiger partial charge in [-0.2, -0.15) is 0 Å². The smallest absolute Gasteiger partial charge is 0.0232 e. The summed E-state index contributed by atoms with van der Waals surface area (Å²) in [5.41, 5.74) is 0. The average Bonchev–Trinajstić information content (AvgIpc) is 2.39. The van der Waals surface area contributed by atoms with Crippen LogP contribution in [0.5, 0.6) is 0 Å². The summed E-state index contributed by atoms with van der Waals surface area (Å²) in [4.78, 5) is 0. The zero-order chi connectivity index (χ0) is 13.5. The molecule has 0 aromatic heterocycles. The van der Waals surface area contributed by atoms with Gasteiger partial charge in [0.25, 0.3) is 0 Å². The Bertz CT molecular complexity index is 222. The summed E-state index contributed by atoms with van der Waals surface area (Å²) < 4.78 is 0. The summed E-state index contributed by atoms with van der Waals surface area (Å²) in [6.07, 6.45) is 22.2. The second kappa shape index (κ2) is 14.3. The van der Waals surface area contributed by atoms with Crippen LogP contribution in [0.2, 0.25) is 0 Å². The van der Waals surface area contributed by atoms with Crippen molar-refractivity contribution in [3.63, 3.8) is 0 Å². The number of allylic oxidation sites excluding steroid dienone is 5. The van der Waals surface area contributed by atoms with Crippen molar-refractivity contribution in [2.45, 2.75) is 71.6 Å². The second-order valence-corrected chi connectivity index (χ2v) is 4.79. The third kappa shape index (κ3) is 11.7. The van der Waals surface area contributed by atoms with Crippen LogP contribution in [-0.2, 0) is 0 Å². The fourth-order valence-electron chi connectivity index (χ4n) is 1.94. The monoisotopic (exact) mass is 247 g/mol. The molecule has 1 radical (unpaired) electrons. The van der Waals surface area contributed by atoms with Crippen molar-refractivity contribution < 1.29 is 0 Å². The van der Waals surface area contributed by atoms with E-state index in [2.05, 4.69) is 44.7 Å². The third-order valence-corrected chi connectivity index (χ3v) is 3.06. The first kappa shape index (κ1) is 17.2. The highest BCUT2D eigenvalue weighted by atomic mass is 14.1. The first-order chi connectivity index (χ1) is 8.85. The Labute approximate surface area is 115 Å². The van der Waals surface area contributed by atoms with E-state index in [1.807, 2.05) is 6.08 Å². The normalized spacial score (nSPS) is 11.9. The van der Waals surface area contributed by atoms with Crippen LogP contribution >= 0.6 is 0 Å². The average molecular weight is 247 g/mol. The first-order valence-electron chi connectivity index (χ1n) is 7.59. The summed E-state index contributed by atoms with van der Waals surface area (Å²) in [5, 5.41) is 0. The van der Waals surface area contributed by atoms with Crippen LogP contribution in [0.25, 0.3) is 0 Å². The summed E-state index contributed by atoms with van der Waals surface area (Å²) >= 11 is 0. The highest BCUT2D eigenvalue weighted by Crippen LogP contribution is 2.22. The lowest BCUT2D eigenvalue weighted by Crippen LogP contribution is -1.96. The van der Waals surface area contributed by atoms with E-state index in [1.165, 1.54) is 44.9 Å². The molecule has 0 saturated heterocycles. The van der Waals surface area contributed by atoms with Gasteiger partial charge in [0.1, 0.15) is 0 Å². The van der Waals surface area contributed by atoms with Crippen molar-refractivity contribution in [1.82, 2.24) is 0 Å². The molecule has 0 bridgehead atoms. The van der Waals surface area contributed by atoms with Crippen LogP contribution in [0.4, 0.5) is 0 Å². The zero-order valence-corrected chi connectivity index (χ0v) is 12.5. The summed E-state index contributed by atoms with van der Waals surface area (Å²) in [6, 6.07) is 0. The van der Waals surface area contributed by atoms with Crippen molar-refractivity contribution in [2.24, 2.45) is 0 Å². The lowest BCUT2D eigenvalue weighted by molar-refractivity contribution is 0.660. The van der Waals surface area contributed by atoms with Gasteiger partial charge < -0.3 is 0 Å². The van der Waals surface area contributed by atoms with Crippen molar-refractivity contribution in [1.29, 1.82) is 0 Å². The molecule has 0 fully saturated rings. The summed E-state index contributed by atoms with van der Waals surface area (Å²) in [7, 11) is 0. The highest BCUT2D eigenvalue weighted by molar-refractivity contribution is 4.97. The zero-order valence-electron chi connectivity index (χ0n) is 12.5. The molecular weight excluding hydrogens is 216 g/mol. The molecular formula is C18H31. The van der Waals surface area contributed by atoms with E-state index in [0.717, 1.165) is 12.8 Å². The Morgan fingerprint density at radius 2 is 1.33 bits per heavy atom. The minimum Gasteiger partial charge on any atom is -0.103 e. The van der Waals surface area contributed by atoms with Gasteiger partial charge in [0.15, 0.2) is 0 Å². The lowest BCUT2D eigenvalue weighted by atomic mass is 9.92. The molecule has 0 aromatic carbocycles. The van der Waals surface area contributed by atoms with Gasteiger partial charge in [0.2, 0.25) is 0 Å². The van der Waals surface area contributed by atoms with Crippen LogP contribution in [0.15, 0.2) is 37.0 Å². The van der Waals surface area contributed by atoms with Gasteiger partial charge in [-0.15, -0.1) is 6.58 Å². The SMILES string of the molecule is C=CCC[C](CC/C=C/CC)CC/C=C/CCC. The molecule has 0 unspecified atom stereocenters. The highest BCUT2D eigenvalue weighted by Gasteiger charge is 2.06. The Morgan fingerprint density at radius 1 is 0.778 bits per heavy atom. The number of unbranched alkanes of at least 4 members (excludes halogenated alkanes) is 1. The van der Waals surface area contributed by atoms with Crippen LogP contribution in [-0.4, -0.2) is 0 Å². The summed E-state index contributed by atoms with van der Waals surface area (Å²) in [6.45, 7) is 8.24. The maximum atomic E-state index is 3.82. The van der Waals surface area contributed by atoms with Gasteiger partial charge in [-0.3, -0.25) is 0 Å². The van der Waals surface area contributed by atoms with E-state index in [0.29, 0.717) is 0 Å². The quantitative estimate of drug-likeness (QED) is 0.349. The molecule has 0 N–H and O–H groups in total. The topological polar surface area (TPSA) is 0 Å². The molecule has 0 aliphatic rings. The molecule has 0 aliphatic heterocycles. The Balaban J connectivity index is 3.82. The Morgan fingerprint density at radius 3 is 1.89 bits per heavy atom. The molecule has 0 aromatic rings. The lowest BCUT2D eigenvalue weighted by Gasteiger charge is -2.13. The molecule has 0 spiro atoms. The van der Waals surface area contributed by atoms with Gasteiger partial charge in [0.05, 0.1) is 0 Å². The van der Waals surface area contributed by atoms with Crippen molar-refractivity contribution >= 4 is 0 Å². The van der Waals surface area contributed by atoms with E-state index in [-0.39, 0.29) is 0 Å². The van der Waals surface area contributed by atoms with Gasteiger partial charge >= 0.3 is 0 Å². The fourth-order valence-corrected chi connectivity index (χ4v) is 1.94. The van der Waals surface area contributed by atoms with E-state index in [9.17, 15) is 0 Å². The standard InChI is InChI=1S/C18H31/c1-4-7-10-12-14-17-18(15-9-6-3)16-13-11-8-5-2/h6,8,10-12H,3-5,7,9,13-17H2,1-2H3/b11-8+,12-10+. The van der Waals surface area contributed by atoms with E-state index < -0.39 is 0 Å². The molecule has 0 heteroatoms. The van der Waals surface area contributed by atoms with Crippen molar-refractivity contribution in [3.8, 4) is 0 Å². The minimum absolute atomic E-state index is 1.13. The van der Waals surface area contributed by atoms with Gasteiger partial charge in [-0.05, 0) is 57.3 Å². The van der Waals surface area contributed by atoms with Gasteiger partial charge in [-0.25, -0.2) is 0 Å². The summed E-state index contributed by atoms with van der Waals surface area (Å²) in [5.74, 6) is 1.71. The molecule has 0 rings (SSSR count). The molecule has 0 atom stereocenters. The molecule has 18 heavy (non-hydrogen) atoms. The molecule has 0 amide bonds. The molecule has 0 heterocycles. The van der Waals surface area contributed by atoms with Crippen LogP contribution in [0.1, 0.15) is 71.6 Å².